The summed E-state index contributed by atoms with van der Waals surface area (Å²) in [7, 11) is -12.5. The van der Waals surface area contributed by atoms with Gasteiger partial charge in [0.2, 0.25) is 32.9 Å². The molecule has 0 atom stereocenters. The molecule has 8 rings (SSSR count). The molecule has 0 unspecified atom stereocenters. The van der Waals surface area contributed by atoms with Crippen LogP contribution in [0, 0.1) is 6.92 Å². The number of benzene rings is 4. The van der Waals surface area contributed by atoms with Crippen LogP contribution in [0.1, 0.15) is 146 Å². The Hall–Kier alpha value is -6.47. The number of aryl methyl sites for hydroxylation is 2. The number of allylic oxidation sites excluding steroid dienone is 8. The zero-order chi connectivity index (χ0) is 64.9. The van der Waals surface area contributed by atoms with Crippen LogP contribution >= 0.6 is 11.6 Å². The smallest absolute Gasteiger partial charge is 0.294 e. The van der Waals surface area contributed by atoms with E-state index in [0.29, 0.717) is 70.9 Å². The summed E-state index contributed by atoms with van der Waals surface area (Å²) in [5, 5.41) is 11.1. The van der Waals surface area contributed by atoms with Crippen LogP contribution in [0.4, 0.5) is 29.0 Å². The number of sulfonamides is 1. The Labute approximate surface area is 536 Å². The molecular weight excluding hydrogens is 1220 g/mol. The largest absolute Gasteiger partial charge is 0.379 e. The quantitative estimate of drug-likeness (QED) is 0.0148. The number of aromatic nitrogens is 3. The Morgan fingerprint density at radius 3 is 2.17 bits per heavy atom. The lowest BCUT2D eigenvalue weighted by Gasteiger charge is -2.28. The number of anilines is 4. The number of halogens is 1. The van der Waals surface area contributed by atoms with E-state index in [9.17, 15) is 39.2 Å². The number of unbranched alkanes of at least 4 members (excludes halogenated alkanes) is 4. The van der Waals surface area contributed by atoms with E-state index in [0.717, 1.165) is 98.0 Å². The minimum Gasteiger partial charge on any atom is -0.379 e. The molecule has 90 heavy (non-hydrogen) atoms. The van der Waals surface area contributed by atoms with Gasteiger partial charge in [0.25, 0.3) is 20.2 Å². The highest BCUT2D eigenvalue weighted by molar-refractivity contribution is 7.89. The number of ketones is 1. The van der Waals surface area contributed by atoms with Crippen LogP contribution in [0.25, 0.3) is 5.57 Å². The number of hydrogen-bond acceptors (Lipinski definition) is 15. The molecule has 4 aromatic carbocycles. The maximum Gasteiger partial charge on any atom is 0.294 e. The van der Waals surface area contributed by atoms with Crippen molar-refractivity contribution < 1.29 is 53.2 Å². The highest BCUT2D eigenvalue weighted by atomic mass is 35.5. The molecule has 0 saturated carbocycles. The minimum absolute atomic E-state index is 0.0260. The molecule has 3 heterocycles. The number of rotatable bonds is 33. The van der Waals surface area contributed by atoms with Crippen LogP contribution in [0.5, 0.6) is 0 Å². The van der Waals surface area contributed by atoms with Crippen molar-refractivity contribution in [3.63, 3.8) is 0 Å². The third-order valence-corrected chi connectivity index (χ3v) is 19.5. The van der Waals surface area contributed by atoms with Crippen LogP contribution in [-0.2, 0) is 61.8 Å². The molecule has 0 saturated heterocycles. The van der Waals surface area contributed by atoms with Crippen LogP contribution in [-0.4, -0.2) is 117 Å². The highest BCUT2D eigenvalue weighted by Gasteiger charge is 2.45. The van der Waals surface area contributed by atoms with Gasteiger partial charge < -0.3 is 25.0 Å². The Morgan fingerprint density at radius 2 is 1.46 bits per heavy atom. The maximum absolute atomic E-state index is 12.9. The predicted octanol–water partition coefficient (Wildman–Crippen LogP) is 12.7. The first-order chi connectivity index (χ1) is 42.7. The summed E-state index contributed by atoms with van der Waals surface area (Å²) in [6.07, 6.45) is 19.7. The second-order valence-electron chi connectivity index (χ2n) is 24.3. The van der Waals surface area contributed by atoms with Gasteiger partial charge in [-0.25, -0.2) is 13.6 Å². The van der Waals surface area contributed by atoms with Crippen molar-refractivity contribution in [2.45, 2.75) is 152 Å². The average molecular weight is 1310 g/mol. The number of carbonyl (C=O) groups is 1. The third-order valence-electron chi connectivity index (χ3n) is 16.8. The Balaban J connectivity index is 0.895. The number of hydrogen-bond donors (Lipinski definition) is 5. The lowest BCUT2D eigenvalue weighted by molar-refractivity contribution is -0.438. The molecular formula is C67H86ClN8O11S3+. The number of nitrogens with one attached hydrogen (secondary N) is 2. The first-order valence-corrected chi connectivity index (χ1v) is 36.0. The van der Waals surface area contributed by atoms with Crippen LogP contribution < -0.4 is 20.7 Å². The summed E-state index contributed by atoms with van der Waals surface area (Å²) in [4.78, 5) is 27.7. The summed E-state index contributed by atoms with van der Waals surface area (Å²) in [6.45, 7) is 16.3. The van der Waals surface area contributed by atoms with E-state index in [1.807, 2.05) is 13.8 Å². The van der Waals surface area contributed by atoms with Gasteiger partial charge in [0.1, 0.15) is 12.3 Å². The molecule has 0 amide bonds. The van der Waals surface area contributed by atoms with Crippen molar-refractivity contribution >= 4 is 87.9 Å². The van der Waals surface area contributed by atoms with Crippen molar-refractivity contribution in [1.29, 1.82) is 0 Å². The molecule has 0 fully saturated rings. The maximum atomic E-state index is 12.9. The van der Waals surface area contributed by atoms with Crippen LogP contribution in [0.3, 0.4) is 0 Å². The SMILES string of the molecule is CCCCCN1/C(=C/C=C2\CCCC(/C=C/C3=[N+](CCCCS(=O)(=O)O)c4ccc(S(=O)(=O)O)cc4C3(C)C)=C2c2ccc(CCCCC(=O)CCCOCCOCCNc3nc(Cl)nc(Nc4ccc(S(N)(=O)=O)cc4)n3)cc2)C(C)(C)c2cc(C)ccc21. The van der Waals surface area contributed by atoms with Gasteiger partial charge in [-0.1, -0.05) is 87.7 Å². The van der Waals surface area contributed by atoms with Crippen molar-refractivity contribution in [1.82, 2.24) is 15.0 Å². The summed E-state index contributed by atoms with van der Waals surface area (Å²) in [5.41, 5.74) is 12.9. The zero-order valence-corrected chi connectivity index (χ0v) is 55.6. The number of primary sulfonamides is 1. The number of nitrogens with zero attached hydrogens (tertiary/aromatic N) is 5. The van der Waals surface area contributed by atoms with E-state index in [2.05, 4.69) is 130 Å². The monoisotopic (exact) mass is 1310 g/mol. The van der Waals surface area contributed by atoms with Gasteiger partial charge in [-0.15, -0.1) is 0 Å². The summed E-state index contributed by atoms with van der Waals surface area (Å²) in [6, 6.07) is 26.0. The van der Waals surface area contributed by atoms with Gasteiger partial charge in [0.15, 0.2) is 5.71 Å². The van der Waals surface area contributed by atoms with E-state index < -0.39 is 35.7 Å². The Morgan fingerprint density at radius 1 is 0.744 bits per heavy atom. The molecule has 0 bridgehead atoms. The van der Waals surface area contributed by atoms with Crippen molar-refractivity contribution in [2.75, 3.05) is 67.3 Å². The molecule has 0 spiro atoms. The first-order valence-electron chi connectivity index (χ1n) is 31.0. The minimum atomic E-state index is -4.50. The molecule has 1 aromatic heterocycles. The molecule has 19 nitrogen and oxygen atoms in total. The summed E-state index contributed by atoms with van der Waals surface area (Å²) >= 11 is 6.10. The van der Waals surface area contributed by atoms with Crippen molar-refractivity contribution in [2.24, 2.45) is 5.14 Å². The number of nitrogens with two attached hydrogens (primary N) is 1. The molecule has 3 aliphatic rings. The predicted molar refractivity (Wildman–Crippen MR) is 356 cm³/mol. The van der Waals surface area contributed by atoms with Gasteiger partial charge >= 0.3 is 0 Å². The fourth-order valence-corrected chi connectivity index (χ4v) is 13.8. The normalized spacial score (nSPS) is 16.6. The molecule has 2 aliphatic heterocycles. The van der Waals surface area contributed by atoms with E-state index in [4.69, 9.17) is 26.2 Å². The number of fused-ring (bicyclic) bond motifs is 2. The molecule has 0 radical (unpaired) electrons. The van der Waals surface area contributed by atoms with Gasteiger partial charge in [-0.3, -0.25) is 13.9 Å². The summed E-state index contributed by atoms with van der Waals surface area (Å²) < 4.78 is 105. The van der Waals surface area contributed by atoms with Crippen LogP contribution in [0.2, 0.25) is 5.28 Å². The van der Waals surface area contributed by atoms with E-state index in [1.54, 1.807) is 6.07 Å². The van der Waals surface area contributed by atoms with E-state index in [1.165, 1.54) is 70.0 Å². The lowest BCUT2D eigenvalue weighted by atomic mass is 9.79. The van der Waals surface area contributed by atoms with Crippen molar-refractivity contribution in [3.8, 4) is 0 Å². The van der Waals surface area contributed by atoms with Gasteiger partial charge in [0, 0.05) is 79.2 Å². The fraction of sp³-hybridized carbons (Fsp3) is 0.448. The first kappa shape index (κ1) is 69.4. The summed E-state index contributed by atoms with van der Waals surface area (Å²) in [5.74, 6) is 0.223. The number of carbonyl (C=O) groups excluding carboxylic acids is 1. The molecule has 23 heteroatoms. The topological polar surface area (TPSA) is 273 Å². The number of ether oxygens (including phenoxy) is 2. The van der Waals surface area contributed by atoms with Gasteiger partial charge in [0.05, 0.1) is 40.8 Å². The molecule has 484 valence electrons. The fourth-order valence-electron chi connectivity index (χ4n) is 12.0. The van der Waals surface area contributed by atoms with Crippen LogP contribution in [0.15, 0.2) is 136 Å². The van der Waals surface area contributed by atoms with E-state index in [-0.39, 0.29) is 50.3 Å². The average Bonchev–Trinajstić information content (AvgIpc) is 1.65. The number of Topliss-reactive ketones (excluding diaryl/α,β-unsaturated/α-hetero) is 1. The molecule has 1 aliphatic carbocycles. The van der Waals surface area contributed by atoms with E-state index >= 15 is 0 Å². The molecule has 5 aromatic rings. The Kier molecular flexibility index (Phi) is 23.7. The Bertz CT molecular complexity index is 3900. The second kappa shape index (κ2) is 30.8. The second-order valence-corrected chi connectivity index (χ2v) is 29.2. The third kappa shape index (κ3) is 18.6. The lowest BCUT2D eigenvalue weighted by Crippen LogP contribution is -2.28. The molecule has 6 N–H and O–H groups in total. The zero-order valence-electron chi connectivity index (χ0n) is 52.4. The standard InChI is InChI=1S/C67H85ClN8O11S3/c1-7-8-11-38-75-58-33-21-47(2)45-56(58)66(3,4)60(75)35-26-49-17-14-18-50(27-36-61-67(5,6)57-46-55(90(83,84)85)32-34-59(57)76(61)39-12-13-44-88(78,79)80)62(49)51-24-22-48(23-25-51)16-9-10-19-53(77)20-15-40-86-42-43-87-41-37-70-64-72-63(68)73-65(74-64)71-52-28-30-54(31-29-52)89(69,81)82/h21-36,45-46H,7-20,37-44H2,1-6H3,(H5-,69,70,71,72,73,74,78,79,80,81,82,83,84,85)/p+1. The van der Waals surface area contributed by atoms with Gasteiger partial charge in [-0.05, 0) is 172 Å². The van der Waals surface area contributed by atoms with Crippen molar-refractivity contribution in [3.05, 3.63) is 159 Å². The highest BCUT2D eigenvalue weighted by Crippen LogP contribution is 2.49. The van der Waals surface area contributed by atoms with Gasteiger partial charge in [-0.2, -0.15) is 36.4 Å².